The molecule has 1 atom stereocenters. The number of carbonyl (C=O) groups is 1. The van der Waals surface area contributed by atoms with Crippen molar-refractivity contribution in [2.75, 3.05) is 6.61 Å². The van der Waals surface area contributed by atoms with Crippen LogP contribution in [-0.4, -0.2) is 40.0 Å². The summed E-state index contributed by atoms with van der Waals surface area (Å²) in [6.45, 7) is -0.494. The predicted molar refractivity (Wildman–Crippen MR) is 58.7 cm³/mol. The van der Waals surface area contributed by atoms with E-state index >= 15 is 0 Å². The highest BCUT2D eigenvalue weighted by Gasteiger charge is 2.39. The molecule has 2 rings (SSSR count). The SMILES string of the molecule is O=C1OC[C@@H](C(F)F)N1Cc1cnc(Cl)nc1Cl. The molecule has 0 aliphatic carbocycles. The number of cyclic esters (lactones) is 1. The standard InChI is InChI=1S/C9H7Cl2F2N3O2/c10-6-4(1-14-8(11)15-6)2-16-5(7(12)13)3-18-9(16)17/h1,5,7H,2-3H2/t5-/m0/s1. The molecule has 0 aromatic carbocycles. The first-order chi connectivity index (χ1) is 8.49. The Bertz CT molecular complexity index is 475. The van der Waals surface area contributed by atoms with Gasteiger partial charge < -0.3 is 4.74 Å². The van der Waals surface area contributed by atoms with Gasteiger partial charge in [0.1, 0.15) is 17.8 Å². The number of halogens is 4. The lowest BCUT2D eigenvalue weighted by molar-refractivity contribution is 0.0574. The molecule has 5 nitrogen and oxygen atoms in total. The van der Waals surface area contributed by atoms with Crippen molar-refractivity contribution >= 4 is 29.3 Å². The van der Waals surface area contributed by atoms with Crippen molar-refractivity contribution in [3.05, 3.63) is 22.2 Å². The fourth-order valence-electron chi connectivity index (χ4n) is 1.51. The summed E-state index contributed by atoms with van der Waals surface area (Å²) in [7, 11) is 0. The van der Waals surface area contributed by atoms with Crippen LogP contribution in [0.1, 0.15) is 5.56 Å². The molecular formula is C9H7Cl2F2N3O2. The summed E-state index contributed by atoms with van der Waals surface area (Å²) in [6, 6.07) is -1.29. The molecule has 0 spiro atoms. The molecule has 1 aliphatic rings. The van der Waals surface area contributed by atoms with Crippen molar-refractivity contribution < 1.29 is 18.3 Å². The van der Waals surface area contributed by atoms with Crippen molar-refractivity contribution in [2.45, 2.75) is 19.0 Å². The summed E-state index contributed by atoms with van der Waals surface area (Å²) in [4.78, 5) is 19.6. The van der Waals surface area contributed by atoms with Crippen LogP contribution in [-0.2, 0) is 11.3 Å². The molecule has 1 amide bonds. The van der Waals surface area contributed by atoms with E-state index in [1.165, 1.54) is 6.20 Å². The molecule has 1 saturated heterocycles. The molecule has 1 fully saturated rings. The second-order valence-electron chi connectivity index (χ2n) is 3.56. The Balaban J connectivity index is 2.19. The minimum Gasteiger partial charge on any atom is -0.447 e. The minimum atomic E-state index is -2.69. The van der Waals surface area contributed by atoms with Crippen LogP contribution in [0.15, 0.2) is 6.20 Å². The van der Waals surface area contributed by atoms with Crippen molar-refractivity contribution in [1.29, 1.82) is 0 Å². The highest BCUT2D eigenvalue weighted by atomic mass is 35.5. The van der Waals surface area contributed by atoms with E-state index in [0.29, 0.717) is 5.56 Å². The van der Waals surface area contributed by atoms with Gasteiger partial charge in [-0.3, -0.25) is 4.90 Å². The van der Waals surface area contributed by atoms with E-state index in [4.69, 9.17) is 23.2 Å². The minimum absolute atomic E-state index is 0.0164. The maximum absolute atomic E-state index is 12.7. The molecule has 0 saturated carbocycles. The molecule has 98 valence electrons. The summed E-state index contributed by atoms with van der Waals surface area (Å²) in [5.74, 6) is 0. The third kappa shape index (κ3) is 2.62. The number of carbonyl (C=O) groups excluding carboxylic acids is 1. The van der Waals surface area contributed by atoms with E-state index in [-0.39, 0.29) is 23.6 Å². The van der Waals surface area contributed by atoms with Crippen LogP contribution in [0.3, 0.4) is 0 Å². The van der Waals surface area contributed by atoms with Crippen molar-refractivity contribution in [2.24, 2.45) is 0 Å². The lowest BCUT2D eigenvalue weighted by Crippen LogP contribution is -2.38. The first-order valence-electron chi connectivity index (χ1n) is 4.87. The molecule has 0 unspecified atom stereocenters. The molecule has 9 heteroatoms. The van der Waals surface area contributed by atoms with Crippen LogP contribution in [0, 0.1) is 0 Å². The van der Waals surface area contributed by atoms with E-state index in [2.05, 4.69) is 14.7 Å². The Morgan fingerprint density at radius 1 is 1.56 bits per heavy atom. The predicted octanol–water partition coefficient (Wildman–Crippen LogP) is 2.37. The number of hydrogen-bond donors (Lipinski definition) is 0. The maximum Gasteiger partial charge on any atom is 0.410 e. The first-order valence-corrected chi connectivity index (χ1v) is 5.63. The van der Waals surface area contributed by atoms with Gasteiger partial charge in [-0.25, -0.2) is 23.5 Å². The van der Waals surface area contributed by atoms with E-state index in [9.17, 15) is 13.6 Å². The second-order valence-corrected chi connectivity index (χ2v) is 4.26. The van der Waals surface area contributed by atoms with Gasteiger partial charge in [-0.1, -0.05) is 11.6 Å². The zero-order chi connectivity index (χ0) is 13.3. The summed E-state index contributed by atoms with van der Waals surface area (Å²) in [6.07, 6.45) is -2.22. The van der Waals surface area contributed by atoms with Crippen LogP contribution in [0.4, 0.5) is 13.6 Å². The van der Waals surface area contributed by atoms with Gasteiger partial charge in [0.05, 0.1) is 6.54 Å². The quantitative estimate of drug-likeness (QED) is 0.635. The van der Waals surface area contributed by atoms with Gasteiger partial charge in [0.2, 0.25) is 5.28 Å². The average Bonchev–Trinajstić information content (AvgIpc) is 2.64. The second kappa shape index (κ2) is 5.19. The van der Waals surface area contributed by atoms with Gasteiger partial charge in [0.25, 0.3) is 6.43 Å². The average molecular weight is 298 g/mol. The van der Waals surface area contributed by atoms with Gasteiger partial charge in [-0.2, -0.15) is 0 Å². The van der Waals surface area contributed by atoms with Gasteiger partial charge >= 0.3 is 6.09 Å². The van der Waals surface area contributed by atoms with E-state index in [1.54, 1.807) is 0 Å². The third-order valence-electron chi connectivity index (χ3n) is 2.43. The molecular weight excluding hydrogens is 291 g/mol. The third-order valence-corrected chi connectivity index (χ3v) is 2.94. The Kier molecular flexibility index (Phi) is 3.82. The number of amides is 1. The molecule has 0 radical (unpaired) electrons. The zero-order valence-corrected chi connectivity index (χ0v) is 10.3. The van der Waals surface area contributed by atoms with Crippen molar-refractivity contribution in [3.8, 4) is 0 Å². The lowest BCUT2D eigenvalue weighted by atomic mass is 10.2. The molecule has 18 heavy (non-hydrogen) atoms. The van der Waals surface area contributed by atoms with E-state index in [1.807, 2.05) is 0 Å². The first kappa shape index (κ1) is 13.2. The van der Waals surface area contributed by atoms with Gasteiger partial charge in [-0.15, -0.1) is 0 Å². The highest BCUT2D eigenvalue weighted by molar-refractivity contribution is 6.32. The van der Waals surface area contributed by atoms with Crippen LogP contribution in [0.25, 0.3) is 0 Å². The molecule has 0 N–H and O–H groups in total. The summed E-state index contributed by atoms with van der Waals surface area (Å²) >= 11 is 11.3. The molecule has 0 bridgehead atoms. The number of ether oxygens (including phenoxy) is 1. The summed E-state index contributed by atoms with van der Waals surface area (Å²) in [5.41, 5.74) is 0.325. The largest absolute Gasteiger partial charge is 0.447 e. The summed E-state index contributed by atoms with van der Waals surface area (Å²) in [5, 5.41) is -0.0409. The van der Waals surface area contributed by atoms with E-state index < -0.39 is 18.6 Å². The smallest absolute Gasteiger partial charge is 0.410 e. The van der Waals surface area contributed by atoms with Crippen LogP contribution in [0.5, 0.6) is 0 Å². The van der Waals surface area contributed by atoms with Crippen molar-refractivity contribution in [1.82, 2.24) is 14.9 Å². The molecule has 1 aromatic rings. The number of alkyl halides is 2. The Hall–Kier alpha value is -1.21. The number of hydrogen-bond acceptors (Lipinski definition) is 4. The lowest BCUT2D eigenvalue weighted by Gasteiger charge is -2.20. The van der Waals surface area contributed by atoms with Gasteiger partial charge in [0, 0.05) is 11.8 Å². The van der Waals surface area contributed by atoms with E-state index in [0.717, 1.165) is 4.90 Å². The monoisotopic (exact) mass is 297 g/mol. The molecule has 2 heterocycles. The van der Waals surface area contributed by atoms with Gasteiger partial charge in [-0.05, 0) is 11.6 Å². The van der Waals surface area contributed by atoms with Crippen molar-refractivity contribution in [3.63, 3.8) is 0 Å². The maximum atomic E-state index is 12.7. The number of aromatic nitrogens is 2. The number of rotatable bonds is 3. The highest BCUT2D eigenvalue weighted by Crippen LogP contribution is 2.23. The molecule has 1 aromatic heterocycles. The molecule has 1 aliphatic heterocycles. The Labute approximate surface area is 111 Å². The number of nitrogens with zero attached hydrogens (tertiary/aromatic N) is 3. The van der Waals surface area contributed by atoms with Crippen LogP contribution >= 0.6 is 23.2 Å². The Morgan fingerprint density at radius 3 is 2.89 bits per heavy atom. The topological polar surface area (TPSA) is 55.3 Å². The van der Waals surface area contributed by atoms with Crippen LogP contribution in [0.2, 0.25) is 10.4 Å². The normalized spacial score (nSPS) is 19.5. The summed E-state index contributed by atoms with van der Waals surface area (Å²) < 4.78 is 29.9. The fraction of sp³-hybridized carbons (Fsp3) is 0.444. The van der Waals surface area contributed by atoms with Gasteiger partial charge in [0.15, 0.2) is 0 Å². The Morgan fingerprint density at radius 2 is 2.28 bits per heavy atom. The zero-order valence-electron chi connectivity index (χ0n) is 8.82. The van der Waals surface area contributed by atoms with Crippen LogP contribution < -0.4 is 0 Å². The fourth-order valence-corrected chi connectivity index (χ4v) is 1.88.